The standard InChI is InChI=1S/C16H22FN/c1-18-15(10-11-6-8-12(17)9-7-11)16-13-4-2-3-5-14(13)16/h6-9,13-16,18H,2-5,10H2,1H3. The molecule has 0 saturated heterocycles. The molecule has 0 aromatic heterocycles. The van der Waals surface area contributed by atoms with E-state index in [9.17, 15) is 4.39 Å². The summed E-state index contributed by atoms with van der Waals surface area (Å²) in [7, 11) is 2.07. The topological polar surface area (TPSA) is 12.0 Å². The van der Waals surface area contributed by atoms with Crippen LogP contribution in [0.2, 0.25) is 0 Å². The van der Waals surface area contributed by atoms with Crippen molar-refractivity contribution in [3.05, 3.63) is 35.6 Å². The van der Waals surface area contributed by atoms with Gasteiger partial charge in [0.2, 0.25) is 0 Å². The minimum atomic E-state index is -0.139. The molecule has 1 aromatic rings. The molecule has 1 N–H and O–H groups in total. The van der Waals surface area contributed by atoms with Crippen LogP contribution in [0.15, 0.2) is 24.3 Å². The molecular weight excluding hydrogens is 225 g/mol. The third-order valence-electron chi connectivity index (χ3n) is 4.93. The molecule has 2 aliphatic carbocycles. The van der Waals surface area contributed by atoms with Gasteiger partial charge in [-0.05, 0) is 61.8 Å². The van der Waals surface area contributed by atoms with E-state index in [4.69, 9.17) is 0 Å². The number of halogens is 1. The second kappa shape index (κ2) is 5.00. The maximum Gasteiger partial charge on any atom is 0.123 e. The van der Waals surface area contributed by atoms with E-state index < -0.39 is 0 Å². The molecule has 1 aromatic carbocycles. The number of nitrogens with one attached hydrogen (secondary N) is 1. The predicted molar refractivity (Wildman–Crippen MR) is 71.9 cm³/mol. The van der Waals surface area contributed by atoms with Crippen molar-refractivity contribution in [3.63, 3.8) is 0 Å². The first-order valence-corrected chi connectivity index (χ1v) is 7.21. The Morgan fingerprint density at radius 1 is 1.17 bits per heavy atom. The molecule has 2 heteroatoms. The third-order valence-corrected chi connectivity index (χ3v) is 4.93. The quantitative estimate of drug-likeness (QED) is 0.860. The smallest absolute Gasteiger partial charge is 0.123 e. The van der Waals surface area contributed by atoms with Gasteiger partial charge in [-0.15, -0.1) is 0 Å². The molecule has 0 bridgehead atoms. The lowest BCUT2D eigenvalue weighted by molar-refractivity contribution is 0.459. The minimum Gasteiger partial charge on any atom is -0.316 e. The Labute approximate surface area is 109 Å². The number of benzene rings is 1. The largest absolute Gasteiger partial charge is 0.316 e. The van der Waals surface area contributed by atoms with Gasteiger partial charge in [-0.3, -0.25) is 0 Å². The van der Waals surface area contributed by atoms with Crippen molar-refractivity contribution in [2.45, 2.75) is 38.1 Å². The van der Waals surface area contributed by atoms with Crippen LogP contribution in [0.4, 0.5) is 4.39 Å². The van der Waals surface area contributed by atoms with Crippen molar-refractivity contribution in [1.82, 2.24) is 5.32 Å². The van der Waals surface area contributed by atoms with Crippen LogP contribution in [-0.4, -0.2) is 13.1 Å². The van der Waals surface area contributed by atoms with Crippen molar-refractivity contribution in [2.24, 2.45) is 17.8 Å². The van der Waals surface area contributed by atoms with Crippen molar-refractivity contribution in [3.8, 4) is 0 Å². The Balaban J connectivity index is 1.65. The number of rotatable bonds is 4. The Morgan fingerprint density at radius 3 is 2.33 bits per heavy atom. The van der Waals surface area contributed by atoms with Crippen LogP contribution in [0.5, 0.6) is 0 Å². The van der Waals surface area contributed by atoms with Gasteiger partial charge in [0.1, 0.15) is 5.82 Å². The summed E-state index contributed by atoms with van der Waals surface area (Å²) in [5, 5.41) is 3.49. The zero-order chi connectivity index (χ0) is 12.5. The number of likely N-dealkylation sites (N-methyl/N-ethyl adjacent to an activating group) is 1. The summed E-state index contributed by atoms with van der Waals surface area (Å²) in [6.45, 7) is 0. The Bertz CT molecular complexity index is 388. The van der Waals surface area contributed by atoms with Crippen LogP contribution in [0.3, 0.4) is 0 Å². The van der Waals surface area contributed by atoms with E-state index in [1.165, 1.54) is 31.2 Å². The molecule has 18 heavy (non-hydrogen) atoms. The molecule has 0 spiro atoms. The maximum atomic E-state index is 12.9. The van der Waals surface area contributed by atoms with Crippen LogP contribution in [0, 0.1) is 23.6 Å². The highest BCUT2D eigenvalue weighted by Gasteiger charge is 2.53. The van der Waals surface area contributed by atoms with Crippen LogP contribution in [-0.2, 0) is 6.42 Å². The van der Waals surface area contributed by atoms with Crippen LogP contribution in [0.25, 0.3) is 0 Å². The Morgan fingerprint density at radius 2 is 1.78 bits per heavy atom. The predicted octanol–water partition coefficient (Wildman–Crippen LogP) is 3.39. The van der Waals surface area contributed by atoms with Gasteiger partial charge in [-0.2, -0.15) is 0 Å². The molecular formula is C16H22FN. The zero-order valence-corrected chi connectivity index (χ0v) is 11.0. The average Bonchev–Trinajstić information content (AvgIpc) is 3.12. The Hall–Kier alpha value is -0.890. The van der Waals surface area contributed by atoms with E-state index in [0.29, 0.717) is 6.04 Å². The van der Waals surface area contributed by atoms with E-state index >= 15 is 0 Å². The lowest BCUT2D eigenvalue weighted by Gasteiger charge is -2.16. The van der Waals surface area contributed by atoms with Crippen molar-refractivity contribution >= 4 is 0 Å². The fourth-order valence-corrected chi connectivity index (χ4v) is 3.95. The lowest BCUT2D eigenvalue weighted by atomic mass is 10.00. The summed E-state index contributed by atoms with van der Waals surface area (Å²) in [4.78, 5) is 0. The van der Waals surface area contributed by atoms with E-state index in [0.717, 1.165) is 24.2 Å². The van der Waals surface area contributed by atoms with E-state index in [2.05, 4.69) is 12.4 Å². The SMILES string of the molecule is CNC(Cc1ccc(F)cc1)C1C2CCCCC21. The highest BCUT2D eigenvalue weighted by molar-refractivity contribution is 5.19. The van der Waals surface area contributed by atoms with E-state index in [-0.39, 0.29) is 5.82 Å². The summed E-state index contributed by atoms with van der Waals surface area (Å²) >= 11 is 0. The van der Waals surface area contributed by atoms with Crippen molar-refractivity contribution in [2.75, 3.05) is 7.05 Å². The molecule has 2 fully saturated rings. The van der Waals surface area contributed by atoms with Gasteiger partial charge in [0.25, 0.3) is 0 Å². The molecule has 3 unspecified atom stereocenters. The molecule has 0 radical (unpaired) electrons. The van der Waals surface area contributed by atoms with Crippen LogP contribution in [0.1, 0.15) is 31.2 Å². The molecule has 0 amide bonds. The minimum absolute atomic E-state index is 0.139. The molecule has 0 aliphatic heterocycles. The molecule has 3 rings (SSSR count). The number of fused-ring (bicyclic) bond motifs is 1. The maximum absolute atomic E-state index is 12.9. The summed E-state index contributed by atoms with van der Waals surface area (Å²) in [6.07, 6.45) is 6.73. The van der Waals surface area contributed by atoms with Gasteiger partial charge >= 0.3 is 0 Å². The molecule has 1 nitrogen and oxygen atoms in total. The third kappa shape index (κ3) is 2.31. The second-order valence-corrected chi connectivity index (χ2v) is 5.92. The monoisotopic (exact) mass is 247 g/mol. The second-order valence-electron chi connectivity index (χ2n) is 5.92. The van der Waals surface area contributed by atoms with Gasteiger partial charge in [0.15, 0.2) is 0 Å². The van der Waals surface area contributed by atoms with Gasteiger partial charge in [-0.25, -0.2) is 4.39 Å². The van der Waals surface area contributed by atoms with E-state index in [1.807, 2.05) is 12.1 Å². The fourth-order valence-electron chi connectivity index (χ4n) is 3.95. The number of hydrogen-bond donors (Lipinski definition) is 1. The summed E-state index contributed by atoms with van der Waals surface area (Å²) < 4.78 is 12.9. The summed E-state index contributed by atoms with van der Waals surface area (Å²) in [6, 6.07) is 7.56. The molecule has 2 saturated carbocycles. The first kappa shape index (κ1) is 12.2. The van der Waals surface area contributed by atoms with Gasteiger partial charge in [0.05, 0.1) is 0 Å². The first-order chi connectivity index (χ1) is 8.79. The number of hydrogen-bond acceptors (Lipinski definition) is 1. The fraction of sp³-hybridized carbons (Fsp3) is 0.625. The zero-order valence-electron chi connectivity index (χ0n) is 11.0. The van der Waals surface area contributed by atoms with Gasteiger partial charge in [-0.1, -0.05) is 25.0 Å². The Kier molecular flexibility index (Phi) is 3.38. The normalized spacial score (nSPS) is 31.8. The van der Waals surface area contributed by atoms with Crippen molar-refractivity contribution in [1.29, 1.82) is 0 Å². The van der Waals surface area contributed by atoms with Gasteiger partial charge in [0, 0.05) is 6.04 Å². The highest BCUT2D eigenvalue weighted by atomic mass is 19.1. The molecule has 0 heterocycles. The highest BCUT2D eigenvalue weighted by Crippen LogP contribution is 2.57. The van der Waals surface area contributed by atoms with Crippen LogP contribution >= 0.6 is 0 Å². The summed E-state index contributed by atoms with van der Waals surface area (Å²) in [5.41, 5.74) is 1.25. The molecule has 98 valence electrons. The average molecular weight is 247 g/mol. The first-order valence-electron chi connectivity index (χ1n) is 7.21. The van der Waals surface area contributed by atoms with Crippen LogP contribution < -0.4 is 5.32 Å². The summed E-state index contributed by atoms with van der Waals surface area (Å²) in [5.74, 6) is 2.66. The molecule has 3 atom stereocenters. The van der Waals surface area contributed by atoms with Crippen molar-refractivity contribution < 1.29 is 4.39 Å². The van der Waals surface area contributed by atoms with Gasteiger partial charge < -0.3 is 5.32 Å². The lowest BCUT2D eigenvalue weighted by Crippen LogP contribution is -2.31. The van der Waals surface area contributed by atoms with E-state index in [1.54, 1.807) is 12.1 Å². The molecule has 2 aliphatic rings.